The Labute approximate surface area is 77.2 Å². The maximum absolute atomic E-state index is 13.4. The molecule has 1 saturated carbocycles. The Morgan fingerprint density at radius 2 is 2.00 bits per heavy atom. The molecule has 0 saturated heterocycles. The normalized spacial score (nSPS) is 18.6. The van der Waals surface area contributed by atoms with Crippen LogP contribution in [0.4, 0.5) is 4.39 Å². The topological polar surface area (TPSA) is 20.2 Å². The second kappa shape index (κ2) is 3.11. The van der Waals surface area contributed by atoms with E-state index in [-0.39, 0.29) is 17.8 Å². The molecule has 0 aliphatic heterocycles. The van der Waals surface area contributed by atoms with E-state index in [1.807, 2.05) is 12.1 Å². The monoisotopic (exact) mass is 180 g/mol. The molecule has 0 radical (unpaired) electrons. The number of hydrogen-bond donors (Lipinski definition) is 1. The predicted molar refractivity (Wildman–Crippen MR) is 49.0 cm³/mol. The fourth-order valence-electron chi connectivity index (χ4n) is 1.91. The van der Waals surface area contributed by atoms with Crippen LogP contribution < -0.4 is 0 Å². The van der Waals surface area contributed by atoms with E-state index in [9.17, 15) is 4.39 Å². The summed E-state index contributed by atoms with van der Waals surface area (Å²) >= 11 is 0. The number of rotatable bonds is 3. The molecule has 0 unspecified atom stereocenters. The lowest BCUT2D eigenvalue weighted by molar-refractivity contribution is 0.269. The largest absolute Gasteiger partial charge is 0.396 e. The minimum Gasteiger partial charge on any atom is -0.396 e. The van der Waals surface area contributed by atoms with Gasteiger partial charge < -0.3 is 5.11 Å². The third kappa shape index (κ3) is 1.46. The summed E-state index contributed by atoms with van der Waals surface area (Å²) in [5, 5.41) is 8.87. The smallest absolute Gasteiger partial charge is 0.126 e. The number of halogens is 1. The fraction of sp³-hybridized carbons (Fsp3) is 0.455. The third-order valence-corrected chi connectivity index (χ3v) is 2.89. The summed E-state index contributed by atoms with van der Waals surface area (Å²) in [5.41, 5.74) is 0.740. The van der Waals surface area contributed by atoms with Crippen molar-refractivity contribution in [3.05, 3.63) is 35.6 Å². The van der Waals surface area contributed by atoms with Crippen molar-refractivity contribution in [1.29, 1.82) is 0 Å². The minimum absolute atomic E-state index is 0.0416. The van der Waals surface area contributed by atoms with E-state index in [1.165, 1.54) is 6.07 Å². The van der Waals surface area contributed by atoms with Gasteiger partial charge in [0.1, 0.15) is 5.82 Å². The highest BCUT2D eigenvalue weighted by molar-refractivity contribution is 5.32. The van der Waals surface area contributed by atoms with E-state index in [2.05, 4.69) is 0 Å². The summed E-state index contributed by atoms with van der Waals surface area (Å²) in [6.45, 7) is 0.147. The molecule has 13 heavy (non-hydrogen) atoms. The van der Waals surface area contributed by atoms with Gasteiger partial charge in [0.05, 0.1) is 0 Å². The summed E-state index contributed by atoms with van der Waals surface area (Å²) in [5.74, 6) is -0.131. The molecular weight excluding hydrogens is 167 g/mol. The van der Waals surface area contributed by atoms with Crippen LogP contribution in [0, 0.1) is 5.82 Å². The van der Waals surface area contributed by atoms with Crippen molar-refractivity contribution in [2.45, 2.75) is 24.7 Å². The van der Waals surface area contributed by atoms with Crippen LogP contribution in [0.1, 0.15) is 24.8 Å². The maximum Gasteiger partial charge on any atom is 0.126 e. The summed E-state index contributed by atoms with van der Waals surface area (Å²) in [4.78, 5) is 0. The second-order valence-corrected chi connectivity index (χ2v) is 3.73. The van der Waals surface area contributed by atoms with Gasteiger partial charge in [-0.3, -0.25) is 0 Å². The quantitative estimate of drug-likeness (QED) is 0.756. The van der Waals surface area contributed by atoms with Crippen molar-refractivity contribution in [2.75, 3.05) is 6.61 Å². The molecule has 0 bridgehead atoms. The Hall–Kier alpha value is -0.890. The summed E-state index contributed by atoms with van der Waals surface area (Å²) < 4.78 is 13.4. The molecule has 1 aliphatic rings. The van der Waals surface area contributed by atoms with E-state index in [0.717, 1.165) is 18.4 Å². The third-order valence-electron chi connectivity index (χ3n) is 2.89. The molecule has 0 atom stereocenters. The number of hydrogen-bond acceptors (Lipinski definition) is 1. The van der Waals surface area contributed by atoms with Gasteiger partial charge in [-0.15, -0.1) is 0 Å². The van der Waals surface area contributed by atoms with Gasteiger partial charge >= 0.3 is 0 Å². The van der Waals surface area contributed by atoms with Crippen molar-refractivity contribution < 1.29 is 9.50 Å². The van der Waals surface area contributed by atoms with Crippen molar-refractivity contribution in [2.24, 2.45) is 0 Å². The van der Waals surface area contributed by atoms with Gasteiger partial charge in [-0.25, -0.2) is 4.39 Å². The molecule has 1 aromatic carbocycles. The molecule has 2 heteroatoms. The molecule has 0 heterocycles. The molecule has 0 spiro atoms. The van der Waals surface area contributed by atoms with Gasteiger partial charge in [-0.05, 0) is 30.9 Å². The van der Waals surface area contributed by atoms with Gasteiger partial charge in [-0.1, -0.05) is 18.2 Å². The van der Waals surface area contributed by atoms with E-state index in [4.69, 9.17) is 5.11 Å². The minimum atomic E-state index is -0.131. The summed E-state index contributed by atoms with van der Waals surface area (Å²) in [6, 6.07) is 6.88. The van der Waals surface area contributed by atoms with Gasteiger partial charge in [0, 0.05) is 12.0 Å². The zero-order chi connectivity index (χ0) is 9.31. The van der Waals surface area contributed by atoms with E-state index >= 15 is 0 Å². The number of aliphatic hydroxyl groups excluding tert-OH is 1. The van der Waals surface area contributed by atoms with Crippen LogP contribution in [0.15, 0.2) is 24.3 Å². The lowest BCUT2D eigenvalue weighted by atomic mass is 9.92. The maximum atomic E-state index is 13.4. The lowest BCUT2D eigenvalue weighted by Gasteiger charge is -2.14. The zero-order valence-corrected chi connectivity index (χ0v) is 7.46. The molecule has 1 nitrogen and oxygen atoms in total. The predicted octanol–water partition coefficient (Wildman–Crippen LogP) is 2.24. The van der Waals surface area contributed by atoms with E-state index in [1.54, 1.807) is 6.07 Å². The van der Waals surface area contributed by atoms with Gasteiger partial charge in [0.25, 0.3) is 0 Å². The molecular formula is C11H13FO. The molecule has 1 aliphatic carbocycles. The first-order chi connectivity index (χ1) is 6.28. The molecule has 1 N–H and O–H groups in total. The molecule has 70 valence electrons. The zero-order valence-electron chi connectivity index (χ0n) is 7.46. The van der Waals surface area contributed by atoms with Crippen molar-refractivity contribution in [1.82, 2.24) is 0 Å². The molecule has 0 amide bonds. The average molecular weight is 180 g/mol. The Kier molecular flexibility index (Phi) is 2.08. The van der Waals surface area contributed by atoms with Crippen LogP contribution in [0.2, 0.25) is 0 Å². The van der Waals surface area contributed by atoms with Crippen LogP contribution in [0.25, 0.3) is 0 Å². The first kappa shape index (κ1) is 8.70. The molecule has 2 rings (SSSR count). The molecule has 1 aromatic rings. The Balaban J connectivity index is 2.30. The average Bonchev–Trinajstić information content (AvgIpc) is 2.87. The SMILES string of the molecule is OCCC1(c2ccccc2F)CC1. The highest BCUT2D eigenvalue weighted by atomic mass is 19.1. The Bertz CT molecular complexity index is 305. The Morgan fingerprint density at radius 3 is 2.54 bits per heavy atom. The Morgan fingerprint density at radius 1 is 1.31 bits per heavy atom. The lowest BCUT2D eigenvalue weighted by Crippen LogP contribution is -2.10. The van der Waals surface area contributed by atoms with Crippen LogP contribution in [-0.2, 0) is 5.41 Å². The standard InChI is InChI=1S/C11H13FO/c12-10-4-2-1-3-9(10)11(5-6-11)7-8-13/h1-4,13H,5-8H2. The van der Waals surface area contributed by atoms with Crippen LogP contribution >= 0.6 is 0 Å². The molecule has 0 aromatic heterocycles. The summed E-state index contributed by atoms with van der Waals surface area (Å²) in [6.07, 6.45) is 2.71. The van der Waals surface area contributed by atoms with E-state index < -0.39 is 0 Å². The highest BCUT2D eigenvalue weighted by Crippen LogP contribution is 2.51. The fourth-order valence-corrected chi connectivity index (χ4v) is 1.91. The van der Waals surface area contributed by atoms with Crippen molar-refractivity contribution in [3.8, 4) is 0 Å². The first-order valence-electron chi connectivity index (χ1n) is 4.64. The number of aliphatic hydroxyl groups is 1. The van der Waals surface area contributed by atoms with Gasteiger partial charge in [-0.2, -0.15) is 0 Å². The first-order valence-corrected chi connectivity index (χ1v) is 4.64. The van der Waals surface area contributed by atoms with Crippen LogP contribution in [0.3, 0.4) is 0 Å². The van der Waals surface area contributed by atoms with Crippen LogP contribution in [0.5, 0.6) is 0 Å². The second-order valence-electron chi connectivity index (χ2n) is 3.73. The van der Waals surface area contributed by atoms with Crippen molar-refractivity contribution in [3.63, 3.8) is 0 Å². The summed E-state index contributed by atoms with van der Waals surface area (Å²) in [7, 11) is 0. The van der Waals surface area contributed by atoms with Crippen LogP contribution in [-0.4, -0.2) is 11.7 Å². The van der Waals surface area contributed by atoms with E-state index in [0.29, 0.717) is 6.42 Å². The van der Waals surface area contributed by atoms with Crippen molar-refractivity contribution >= 4 is 0 Å². The number of benzene rings is 1. The molecule has 1 fully saturated rings. The van der Waals surface area contributed by atoms with Gasteiger partial charge in [0.15, 0.2) is 0 Å². The van der Waals surface area contributed by atoms with Gasteiger partial charge in [0.2, 0.25) is 0 Å². The highest BCUT2D eigenvalue weighted by Gasteiger charge is 2.44.